The molecule has 0 N–H and O–H groups in total. The van der Waals surface area contributed by atoms with Gasteiger partial charge in [-0.2, -0.15) is 0 Å². The highest BCUT2D eigenvalue weighted by atomic mass is 31.2. The quantitative estimate of drug-likeness (QED) is 0.114. The first kappa shape index (κ1) is 80.7. The Hall–Kier alpha value is -5.02. The molecular weight excluding hydrogens is 1200 g/mol. The second kappa shape index (κ2) is 27.9. The molecule has 0 radical (unpaired) electrons. The van der Waals surface area contributed by atoms with Gasteiger partial charge in [-0.15, -0.1) is 0 Å². The van der Waals surface area contributed by atoms with E-state index in [9.17, 15) is 0 Å². The van der Waals surface area contributed by atoms with Crippen LogP contribution in [0.4, 0.5) is 0 Å². The lowest BCUT2D eigenvalue weighted by Crippen LogP contribution is -2.21. The minimum atomic E-state index is -1.93. The van der Waals surface area contributed by atoms with Crippen LogP contribution in [0.1, 0.15) is 333 Å². The Labute approximate surface area is 585 Å². The molecule has 6 aromatic carbocycles. The fourth-order valence-electron chi connectivity index (χ4n) is 12.0. The summed E-state index contributed by atoms with van der Waals surface area (Å²) >= 11 is 0. The van der Waals surface area contributed by atoms with E-state index < -0.39 is 17.2 Å². The summed E-state index contributed by atoms with van der Waals surface area (Å²) in [5.41, 5.74) is 17.4. The summed E-state index contributed by atoms with van der Waals surface area (Å²) in [7, 11) is -3.82. The molecule has 0 amide bonds. The van der Waals surface area contributed by atoms with Crippen LogP contribution in [0.25, 0.3) is 0 Å². The zero-order chi connectivity index (χ0) is 73.1. The van der Waals surface area contributed by atoms with E-state index in [1.165, 1.54) is 50.1 Å². The summed E-state index contributed by atoms with van der Waals surface area (Å²) in [5, 5.41) is 0. The van der Waals surface area contributed by atoms with Crippen molar-refractivity contribution in [2.75, 3.05) is 0 Å². The Morgan fingerprint density at radius 1 is 0.179 bits per heavy atom. The van der Waals surface area contributed by atoms with Crippen molar-refractivity contribution in [2.24, 2.45) is 0 Å². The molecule has 0 aliphatic rings. The van der Waals surface area contributed by atoms with Crippen LogP contribution >= 0.6 is 17.2 Å². The van der Waals surface area contributed by atoms with Crippen LogP contribution in [0.2, 0.25) is 0 Å². The molecule has 0 atom stereocenters. The third kappa shape index (κ3) is 21.3. The summed E-state index contributed by atoms with van der Waals surface area (Å²) in [5.74, 6) is 4.80. The number of benzene rings is 6. The van der Waals surface area contributed by atoms with Gasteiger partial charge in [-0.25, -0.2) is 0 Å². The molecule has 0 fully saturated rings. The third-order valence-corrected chi connectivity index (χ3v) is 19.9. The van der Waals surface area contributed by atoms with E-state index in [0.29, 0.717) is 0 Å². The lowest BCUT2D eigenvalue weighted by atomic mass is 9.78. The van der Waals surface area contributed by atoms with Gasteiger partial charge in [0.2, 0.25) is 0 Å². The summed E-state index contributed by atoms with van der Waals surface area (Å²) in [6.45, 7) is 87.6. The second-order valence-electron chi connectivity index (χ2n) is 39.6. The van der Waals surface area contributed by atoms with Gasteiger partial charge in [0.05, 0.1) is 0 Å². The molecule has 0 bridgehead atoms. The van der Waals surface area contributed by atoms with Crippen LogP contribution in [-0.4, -0.2) is 0 Å². The maximum atomic E-state index is 7.06. The van der Waals surface area contributed by atoms with Crippen molar-refractivity contribution < 1.29 is 27.1 Å². The van der Waals surface area contributed by atoms with Crippen LogP contribution in [0.15, 0.2) is 91.0 Å². The molecule has 0 heterocycles. The molecular formula is C87H132O6P2. The molecule has 0 saturated heterocycles. The molecule has 8 heteroatoms. The minimum Gasteiger partial charge on any atom is -0.408 e. The van der Waals surface area contributed by atoms with E-state index in [-0.39, 0.29) is 65.0 Å². The van der Waals surface area contributed by atoms with E-state index in [1.54, 1.807) is 0 Å². The number of hydrogen-bond acceptors (Lipinski definition) is 6. The third-order valence-electron chi connectivity index (χ3n) is 17.8. The fourth-order valence-corrected chi connectivity index (χ4v) is 14.2. The average Bonchev–Trinajstić information content (AvgIpc) is 0.797. The van der Waals surface area contributed by atoms with E-state index in [4.69, 9.17) is 27.1 Å². The largest absolute Gasteiger partial charge is 0.530 e. The maximum Gasteiger partial charge on any atom is 0.530 e. The Bertz CT molecular complexity index is 3260. The Balaban J connectivity index is 0.000000345. The van der Waals surface area contributed by atoms with Crippen molar-refractivity contribution in [1.82, 2.24) is 0 Å². The van der Waals surface area contributed by atoms with Gasteiger partial charge >= 0.3 is 17.2 Å². The maximum absolute atomic E-state index is 7.06. The zero-order valence-electron chi connectivity index (χ0n) is 67.5. The molecule has 6 nitrogen and oxygen atoms in total. The van der Waals surface area contributed by atoms with Gasteiger partial charge in [0.25, 0.3) is 0 Å². The first-order chi connectivity index (χ1) is 42.4. The SMILES string of the molecule is CC(C)(C)c1ccc(OP(Oc2ccc(C(C)(C)C)cc2C(C)(C)C)Oc2ccc(C(C)(C)C)cc2C(C)(C)C)c(C(C)(C)C)c1.Cc1cc(OP(Oc2cc(C)c(C(C)(C)C)cc2C(C)(C)C)Oc2cc(C)c(C(C)(C)C)cc2C(C)(C)C)c(C(C)(C)C)cc1C(C)(C)C. The van der Waals surface area contributed by atoms with Gasteiger partial charge in [-0.1, -0.05) is 304 Å². The van der Waals surface area contributed by atoms with E-state index in [1.807, 2.05) is 0 Å². The van der Waals surface area contributed by atoms with Gasteiger partial charge in [-0.05, 0) is 172 Å². The van der Waals surface area contributed by atoms with Gasteiger partial charge in [0.1, 0.15) is 34.5 Å². The van der Waals surface area contributed by atoms with E-state index in [0.717, 1.165) is 67.9 Å². The molecule has 0 unspecified atom stereocenters. The van der Waals surface area contributed by atoms with Crippen LogP contribution in [0.5, 0.6) is 34.5 Å². The van der Waals surface area contributed by atoms with Gasteiger partial charge < -0.3 is 27.1 Å². The highest BCUT2D eigenvalue weighted by Crippen LogP contribution is 2.54. The van der Waals surface area contributed by atoms with Crippen molar-refractivity contribution in [3.63, 3.8) is 0 Å². The number of hydrogen-bond donors (Lipinski definition) is 0. The fraction of sp³-hybridized carbons (Fsp3) is 0.586. The minimum absolute atomic E-state index is 0.00221. The van der Waals surface area contributed by atoms with Crippen LogP contribution < -0.4 is 27.1 Å². The smallest absolute Gasteiger partial charge is 0.408 e. The monoisotopic (exact) mass is 1330 g/mol. The highest BCUT2D eigenvalue weighted by molar-refractivity contribution is 7.43. The lowest BCUT2D eigenvalue weighted by Gasteiger charge is -2.32. The van der Waals surface area contributed by atoms with E-state index >= 15 is 0 Å². The van der Waals surface area contributed by atoms with Crippen molar-refractivity contribution in [1.29, 1.82) is 0 Å². The van der Waals surface area contributed by atoms with Crippen molar-refractivity contribution >= 4 is 17.2 Å². The van der Waals surface area contributed by atoms with E-state index in [2.05, 4.69) is 361 Å². The topological polar surface area (TPSA) is 55.4 Å². The average molecular weight is 1340 g/mol. The lowest BCUT2D eigenvalue weighted by molar-refractivity contribution is 0.370. The molecule has 0 aliphatic heterocycles. The van der Waals surface area contributed by atoms with Crippen molar-refractivity contribution in [2.45, 2.75) is 335 Å². The van der Waals surface area contributed by atoms with Crippen molar-refractivity contribution in [3.05, 3.63) is 174 Å². The summed E-state index contributed by atoms with van der Waals surface area (Å²) in [6.07, 6.45) is 0. The first-order valence-corrected chi connectivity index (χ1v) is 37.2. The molecule has 95 heavy (non-hydrogen) atoms. The van der Waals surface area contributed by atoms with Gasteiger partial charge in [0.15, 0.2) is 0 Å². The first-order valence-electron chi connectivity index (χ1n) is 35.0. The normalized spacial score (nSPS) is 13.6. The standard InChI is InChI=1S/C45H69O3P.C42H63O3P/c1-28-22-37(34(43(13,14)15)25-31(28)40(4,5)6)46-49(47-38-23-29(2)32(41(7,8)9)26-35(38)44(16,17)18)48-39-24-30(3)33(42(10,11)12)27-36(39)45(19,20)21;1-37(2,3)28-19-22-34(31(25-28)40(10,11)12)43-46(44-35-23-20-29(38(4,5)6)26-32(35)41(13,14)15)45-36-24-21-30(39(7,8)9)27-33(36)42(16,17)18/h22-27H,1-21H3;19-27H,1-18H3. The van der Waals surface area contributed by atoms with Crippen LogP contribution in [0, 0.1) is 20.8 Å². The molecule has 0 saturated carbocycles. The van der Waals surface area contributed by atoms with Crippen LogP contribution in [0.3, 0.4) is 0 Å². The Kier molecular flexibility index (Phi) is 23.7. The van der Waals surface area contributed by atoms with Gasteiger partial charge in [-0.3, -0.25) is 0 Å². The number of rotatable bonds is 12. The highest BCUT2D eigenvalue weighted by Gasteiger charge is 2.37. The predicted octanol–water partition coefficient (Wildman–Crippen LogP) is 27.4. The predicted molar refractivity (Wildman–Crippen MR) is 415 cm³/mol. The zero-order valence-corrected chi connectivity index (χ0v) is 69.3. The molecule has 6 aromatic rings. The molecule has 526 valence electrons. The van der Waals surface area contributed by atoms with Crippen molar-refractivity contribution in [3.8, 4) is 34.5 Å². The molecule has 0 aliphatic carbocycles. The molecule has 6 rings (SSSR count). The Morgan fingerprint density at radius 2 is 0.337 bits per heavy atom. The number of aryl methyl sites for hydroxylation is 3. The summed E-state index contributed by atoms with van der Waals surface area (Å²) in [4.78, 5) is 0. The summed E-state index contributed by atoms with van der Waals surface area (Å²) < 4.78 is 41.9. The Morgan fingerprint density at radius 3 is 0.495 bits per heavy atom. The second-order valence-corrected chi connectivity index (χ2v) is 41.6. The molecule has 0 spiro atoms. The van der Waals surface area contributed by atoms with Gasteiger partial charge in [0, 0.05) is 33.4 Å². The molecule has 0 aromatic heterocycles. The van der Waals surface area contributed by atoms with Crippen LogP contribution in [-0.2, 0) is 65.0 Å². The summed E-state index contributed by atoms with van der Waals surface area (Å²) in [6, 6.07) is 33.3.